The minimum Gasteiger partial charge on any atom is -0.387 e. The predicted octanol–water partition coefficient (Wildman–Crippen LogP) is 2.44. The summed E-state index contributed by atoms with van der Waals surface area (Å²) in [6.45, 7) is 0. The molecule has 0 aromatic heterocycles. The minimum atomic E-state index is -0.954. The van der Waals surface area contributed by atoms with Gasteiger partial charge in [-0.15, -0.1) is 0 Å². The van der Waals surface area contributed by atoms with Crippen LogP contribution in [0.2, 0.25) is 0 Å². The second-order valence-corrected chi connectivity index (χ2v) is 4.78. The molecular weight excluding hydrogens is 248 g/mol. The number of hydrogen-bond acceptors (Lipinski definition) is 2. The van der Waals surface area contributed by atoms with Crippen LogP contribution < -0.4 is 11.5 Å². The van der Waals surface area contributed by atoms with Gasteiger partial charge in [-0.1, -0.05) is 60.7 Å². The highest BCUT2D eigenvalue weighted by atomic mass is 14.8. The van der Waals surface area contributed by atoms with Crippen molar-refractivity contribution in [2.45, 2.75) is 6.42 Å². The highest BCUT2D eigenvalue weighted by molar-refractivity contribution is 6.08. The molecule has 4 nitrogen and oxygen atoms in total. The third-order valence-electron chi connectivity index (χ3n) is 3.45. The Bertz CT molecular complexity index is 595. The van der Waals surface area contributed by atoms with Crippen LogP contribution in [0.3, 0.4) is 0 Å². The van der Waals surface area contributed by atoms with E-state index in [0.717, 1.165) is 11.1 Å². The largest absolute Gasteiger partial charge is 0.387 e. The van der Waals surface area contributed by atoms with Crippen molar-refractivity contribution < 1.29 is 0 Å². The van der Waals surface area contributed by atoms with Gasteiger partial charge in [0, 0.05) is 0 Å². The summed E-state index contributed by atoms with van der Waals surface area (Å²) in [5, 5.41) is 15.3. The Morgan fingerprint density at radius 3 is 2.20 bits per heavy atom. The van der Waals surface area contributed by atoms with Gasteiger partial charge in [-0.25, -0.2) is 0 Å². The molecule has 20 heavy (non-hydrogen) atoms. The fourth-order valence-corrected chi connectivity index (χ4v) is 2.08. The first-order valence-corrected chi connectivity index (χ1v) is 6.36. The fourth-order valence-electron chi connectivity index (χ4n) is 2.08. The first kappa shape index (κ1) is 13.8. The summed E-state index contributed by atoms with van der Waals surface area (Å²) in [5.74, 6) is -0.188. The van der Waals surface area contributed by atoms with E-state index in [1.165, 1.54) is 0 Å². The quantitative estimate of drug-likeness (QED) is 0.497. The first-order chi connectivity index (χ1) is 9.54. The van der Waals surface area contributed by atoms with Crippen molar-refractivity contribution in [2.75, 3.05) is 0 Å². The van der Waals surface area contributed by atoms with E-state index in [4.69, 9.17) is 22.3 Å². The van der Waals surface area contributed by atoms with E-state index in [1.54, 1.807) is 6.08 Å². The first-order valence-electron chi connectivity index (χ1n) is 6.36. The van der Waals surface area contributed by atoms with Crippen molar-refractivity contribution in [2.24, 2.45) is 16.9 Å². The van der Waals surface area contributed by atoms with Crippen LogP contribution in [-0.4, -0.2) is 11.7 Å². The lowest BCUT2D eigenvalue weighted by molar-refractivity contribution is 0.700. The van der Waals surface area contributed by atoms with Gasteiger partial charge in [0.2, 0.25) is 0 Å². The number of nitrogens with two attached hydrogens (primary N) is 2. The molecule has 1 aromatic rings. The lowest BCUT2D eigenvalue weighted by Gasteiger charge is -2.29. The van der Waals surface area contributed by atoms with Crippen molar-refractivity contribution in [3.05, 3.63) is 65.8 Å². The molecule has 0 aliphatic heterocycles. The van der Waals surface area contributed by atoms with Gasteiger partial charge < -0.3 is 11.5 Å². The van der Waals surface area contributed by atoms with Crippen molar-refractivity contribution in [3.8, 4) is 0 Å². The summed E-state index contributed by atoms with van der Waals surface area (Å²) in [7, 11) is 0. The highest BCUT2D eigenvalue weighted by Gasteiger charge is 2.35. The third kappa shape index (κ3) is 2.69. The van der Waals surface area contributed by atoms with Crippen LogP contribution in [0, 0.1) is 16.2 Å². The Kier molecular flexibility index (Phi) is 3.84. The average molecular weight is 266 g/mol. The summed E-state index contributed by atoms with van der Waals surface area (Å²) < 4.78 is 0. The number of rotatable bonds is 4. The standard InChI is InChI=1S/C16H18N4/c17-14(18)16(15(19)20)10-8-13(9-11-16)7-6-12-4-2-1-3-5-12/h1-10H,11H2,(H3,17,18)(H3,19,20). The normalized spacial score (nSPS) is 21.7. The van der Waals surface area contributed by atoms with Gasteiger partial charge in [-0.05, 0) is 17.6 Å². The minimum absolute atomic E-state index is 0.0939. The van der Waals surface area contributed by atoms with Crippen molar-refractivity contribution in [1.29, 1.82) is 10.8 Å². The van der Waals surface area contributed by atoms with Gasteiger partial charge in [-0.2, -0.15) is 0 Å². The molecule has 0 bridgehead atoms. The number of hydrogen-bond donors (Lipinski definition) is 4. The second-order valence-electron chi connectivity index (χ2n) is 4.78. The molecule has 0 amide bonds. The molecule has 1 aliphatic rings. The molecule has 0 saturated heterocycles. The number of amidine groups is 2. The van der Waals surface area contributed by atoms with Crippen molar-refractivity contribution in [3.63, 3.8) is 0 Å². The lowest BCUT2D eigenvalue weighted by Crippen LogP contribution is -2.45. The predicted molar refractivity (Wildman–Crippen MR) is 83.6 cm³/mol. The van der Waals surface area contributed by atoms with Gasteiger partial charge in [-0.3, -0.25) is 10.8 Å². The maximum Gasteiger partial charge on any atom is 0.109 e. The van der Waals surface area contributed by atoms with Crippen LogP contribution in [0.4, 0.5) is 0 Å². The summed E-state index contributed by atoms with van der Waals surface area (Å²) in [5.41, 5.74) is 12.3. The van der Waals surface area contributed by atoms with Crippen LogP contribution in [0.5, 0.6) is 0 Å². The topological polar surface area (TPSA) is 99.7 Å². The SMILES string of the molecule is N=C(N)C1(C(=N)N)C=CC(C=Cc2ccccc2)=CC1. The highest BCUT2D eigenvalue weighted by Crippen LogP contribution is 2.30. The molecule has 4 heteroatoms. The van der Waals surface area contributed by atoms with Gasteiger partial charge in [0.25, 0.3) is 0 Å². The van der Waals surface area contributed by atoms with Crippen LogP contribution in [0.15, 0.2) is 60.2 Å². The van der Waals surface area contributed by atoms with E-state index < -0.39 is 5.41 Å². The van der Waals surface area contributed by atoms with Crippen molar-refractivity contribution >= 4 is 17.7 Å². The number of allylic oxidation sites excluding steroid dienone is 4. The molecule has 1 aliphatic carbocycles. The molecule has 0 atom stereocenters. The average Bonchev–Trinajstić information content (AvgIpc) is 2.46. The Balaban J connectivity index is 2.15. The van der Waals surface area contributed by atoms with Crippen LogP contribution in [0.1, 0.15) is 12.0 Å². The zero-order chi connectivity index (χ0) is 14.6. The second kappa shape index (κ2) is 5.57. The van der Waals surface area contributed by atoms with Gasteiger partial charge in [0.05, 0.1) is 0 Å². The molecule has 1 aromatic carbocycles. The van der Waals surface area contributed by atoms with E-state index >= 15 is 0 Å². The molecule has 0 radical (unpaired) electrons. The number of benzene rings is 1. The fraction of sp³-hybridized carbons (Fsp3) is 0.125. The third-order valence-corrected chi connectivity index (χ3v) is 3.45. The zero-order valence-corrected chi connectivity index (χ0v) is 11.1. The molecular formula is C16H18N4. The summed E-state index contributed by atoms with van der Waals surface area (Å²) in [6.07, 6.45) is 10.00. The Morgan fingerprint density at radius 1 is 1.05 bits per heavy atom. The molecule has 6 N–H and O–H groups in total. The number of nitrogens with one attached hydrogen (secondary N) is 2. The molecule has 0 saturated carbocycles. The lowest BCUT2D eigenvalue weighted by atomic mass is 9.78. The molecule has 0 heterocycles. The zero-order valence-electron chi connectivity index (χ0n) is 11.1. The van der Waals surface area contributed by atoms with Crippen molar-refractivity contribution in [1.82, 2.24) is 0 Å². The van der Waals surface area contributed by atoms with Crippen LogP contribution >= 0.6 is 0 Å². The van der Waals surface area contributed by atoms with Crippen LogP contribution in [0.25, 0.3) is 6.08 Å². The summed E-state index contributed by atoms with van der Waals surface area (Å²) in [4.78, 5) is 0. The Labute approximate surface area is 118 Å². The van der Waals surface area contributed by atoms with Crippen LogP contribution in [-0.2, 0) is 0 Å². The van der Waals surface area contributed by atoms with E-state index in [1.807, 2.05) is 54.6 Å². The Morgan fingerprint density at radius 2 is 1.70 bits per heavy atom. The summed E-state index contributed by atoms with van der Waals surface area (Å²) in [6, 6.07) is 10.0. The smallest absolute Gasteiger partial charge is 0.109 e. The maximum atomic E-state index is 7.63. The molecule has 0 fully saturated rings. The van der Waals surface area contributed by atoms with E-state index in [-0.39, 0.29) is 11.7 Å². The molecule has 0 spiro atoms. The van der Waals surface area contributed by atoms with E-state index in [9.17, 15) is 0 Å². The van der Waals surface area contributed by atoms with Gasteiger partial charge in [0.1, 0.15) is 17.1 Å². The van der Waals surface area contributed by atoms with Gasteiger partial charge >= 0.3 is 0 Å². The van der Waals surface area contributed by atoms with E-state index in [2.05, 4.69) is 0 Å². The van der Waals surface area contributed by atoms with Gasteiger partial charge in [0.15, 0.2) is 0 Å². The maximum absolute atomic E-state index is 7.63. The molecule has 0 unspecified atom stereocenters. The summed E-state index contributed by atoms with van der Waals surface area (Å²) >= 11 is 0. The Hall–Kier alpha value is -2.62. The monoisotopic (exact) mass is 266 g/mol. The molecule has 102 valence electrons. The molecule has 2 rings (SSSR count). The van der Waals surface area contributed by atoms with E-state index in [0.29, 0.717) is 6.42 Å².